The van der Waals surface area contributed by atoms with Gasteiger partial charge in [-0.15, -0.1) is 0 Å². The van der Waals surface area contributed by atoms with Gasteiger partial charge in [0.25, 0.3) is 0 Å². The minimum absolute atomic E-state index is 0. The van der Waals surface area contributed by atoms with Crippen molar-refractivity contribution in [1.82, 2.24) is 0 Å². The van der Waals surface area contributed by atoms with Gasteiger partial charge >= 0.3 is 31.1 Å². The molecule has 0 fully saturated rings. The Kier molecular flexibility index (Phi) is 10.9. The van der Waals surface area contributed by atoms with E-state index in [-0.39, 0.29) is 38.5 Å². The van der Waals surface area contributed by atoms with Crippen LogP contribution in [-0.4, -0.2) is 0 Å². The third kappa shape index (κ3) is 4.90. The first-order valence-electron chi connectivity index (χ1n) is 4.24. The zero-order chi connectivity index (χ0) is 8.81. The Labute approximate surface area is 112 Å². The van der Waals surface area contributed by atoms with Crippen LogP contribution >= 0.6 is 0 Å². The van der Waals surface area contributed by atoms with Gasteiger partial charge in [-0.3, -0.25) is 0 Å². The zero-order valence-electron chi connectivity index (χ0n) is 8.93. The van der Waals surface area contributed by atoms with Gasteiger partial charge in [-0.05, 0) is 6.07 Å². The van der Waals surface area contributed by atoms with Crippen LogP contribution in [-0.2, 0) is 6.42 Å². The molecule has 0 aliphatic carbocycles. The van der Waals surface area contributed by atoms with E-state index in [1.165, 1.54) is 5.56 Å². The molecule has 0 atom stereocenters. The van der Waals surface area contributed by atoms with Crippen molar-refractivity contribution in [2.45, 2.75) is 19.8 Å². The molecule has 0 saturated heterocycles. The average molecular weight is 410 g/mol. The van der Waals surface area contributed by atoms with E-state index in [0.717, 1.165) is 18.4 Å². The molecule has 0 heterocycles. The molecule has 0 bridgehead atoms. The van der Waals surface area contributed by atoms with Gasteiger partial charge in [0.15, 0.2) is 0 Å². The molecule has 1 heteroatoms. The molecule has 0 unspecified atom stereocenters. The first-order chi connectivity index (χ1) is 5.88. The van der Waals surface area contributed by atoms with Crippen LogP contribution in [0, 0.1) is 57.3 Å². The van der Waals surface area contributed by atoms with Crippen LogP contribution < -0.4 is 0 Å². The standard InChI is InChI=1S/C12H13.CH3.U/c1-3-5-8-12-10-7-6-9-11(12)4-2;;/h6-7,9-10H,2-4H2,1H3;1H3;/q2*-1;+2. The maximum absolute atomic E-state index is 3.86. The van der Waals surface area contributed by atoms with Gasteiger partial charge in [0.2, 0.25) is 0 Å². The molecule has 14 heavy (non-hydrogen) atoms. The fraction of sp³-hybridized carbons (Fsp3) is 0.231. The molecular weight excluding hydrogens is 394 g/mol. The molecule has 1 aromatic carbocycles. The van der Waals surface area contributed by atoms with E-state index in [9.17, 15) is 0 Å². The molecule has 0 N–H and O–H groups in total. The Balaban J connectivity index is 0. The van der Waals surface area contributed by atoms with Gasteiger partial charge in [-0.2, -0.15) is 6.42 Å². The topological polar surface area (TPSA) is 0 Å². The van der Waals surface area contributed by atoms with Crippen LogP contribution in [0.3, 0.4) is 0 Å². The van der Waals surface area contributed by atoms with E-state index in [2.05, 4.69) is 31.8 Å². The first kappa shape index (κ1) is 16.3. The molecule has 0 spiro atoms. The van der Waals surface area contributed by atoms with Crippen molar-refractivity contribution in [3.8, 4) is 11.8 Å². The van der Waals surface area contributed by atoms with Gasteiger partial charge in [-0.25, -0.2) is 0 Å². The minimum atomic E-state index is 0. The maximum atomic E-state index is 3.86. The van der Waals surface area contributed by atoms with E-state index in [4.69, 9.17) is 0 Å². The SMILES string of the molecule is [CH2-]Cc1ccccc1C#CCC.[CH3-].[U+2]. The summed E-state index contributed by atoms with van der Waals surface area (Å²) in [5.41, 5.74) is 2.35. The third-order valence-corrected chi connectivity index (χ3v) is 1.69. The normalized spacial score (nSPS) is 7.57. The van der Waals surface area contributed by atoms with Crippen molar-refractivity contribution in [3.05, 3.63) is 49.7 Å². The number of hydrogen-bond donors (Lipinski definition) is 0. The Morgan fingerprint density at radius 3 is 2.50 bits per heavy atom. The van der Waals surface area contributed by atoms with Crippen LogP contribution in [0.15, 0.2) is 24.3 Å². The molecule has 1 rings (SSSR count). The number of benzene rings is 1. The van der Waals surface area contributed by atoms with Crippen molar-refractivity contribution in [1.29, 1.82) is 0 Å². The van der Waals surface area contributed by atoms with E-state index >= 15 is 0 Å². The molecule has 0 aliphatic heterocycles. The number of rotatable bonds is 1. The predicted octanol–water partition coefficient (Wildman–Crippen LogP) is 3.27. The van der Waals surface area contributed by atoms with Crippen molar-refractivity contribution in [2.24, 2.45) is 0 Å². The maximum Gasteiger partial charge on any atom is 2.00 e. The average Bonchev–Trinajstić information content (AvgIpc) is 2.15. The Hall–Kier alpha value is -0.168. The summed E-state index contributed by atoms with van der Waals surface area (Å²) in [5, 5.41) is 0. The second-order valence-electron chi connectivity index (χ2n) is 2.56. The van der Waals surface area contributed by atoms with Crippen molar-refractivity contribution < 1.29 is 31.1 Å². The van der Waals surface area contributed by atoms with Gasteiger partial charge in [0, 0.05) is 12.0 Å². The van der Waals surface area contributed by atoms with Crippen LogP contribution in [0.2, 0.25) is 0 Å². The van der Waals surface area contributed by atoms with Gasteiger partial charge in [0.1, 0.15) is 0 Å². The molecule has 0 nitrogen and oxygen atoms in total. The second kappa shape index (κ2) is 9.39. The van der Waals surface area contributed by atoms with Crippen LogP contribution in [0.4, 0.5) is 0 Å². The van der Waals surface area contributed by atoms with E-state index < -0.39 is 0 Å². The quantitative estimate of drug-likeness (QED) is 0.493. The predicted molar refractivity (Wildman–Crippen MR) is 59.1 cm³/mol. The Morgan fingerprint density at radius 1 is 1.29 bits per heavy atom. The second-order valence-corrected chi connectivity index (χ2v) is 2.56. The smallest absolute Gasteiger partial charge is 0.358 e. The van der Waals surface area contributed by atoms with Gasteiger partial charge in [0.05, 0.1) is 0 Å². The molecule has 0 saturated carbocycles. The Bertz CT molecular complexity index is 305. The van der Waals surface area contributed by atoms with E-state index in [0.29, 0.717) is 0 Å². The van der Waals surface area contributed by atoms with Crippen LogP contribution in [0.25, 0.3) is 0 Å². The first-order valence-corrected chi connectivity index (χ1v) is 4.24. The largest absolute Gasteiger partial charge is 2.00 e. The van der Waals surface area contributed by atoms with Gasteiger partial charge in [-0.1, -0.05) is 42.5 Å². The summed E-state index contributed by atoms with van der Waals surface area (Å²) in [6.07, 6.45) is 1.72. The Morgan fingerprint density at radius 2 is 1.93 bits per heavy atom. The van der Waals surface area contributed by atoms with Gasteiger partial charge < -0.3 is 14.4 Å². The summed E-state index contributed by atoms with van der Waals surface area (Å²) in [6.45, 7) is 5.91. The third-order valence-electron chi connectivity index (χ3n) is 1.69. The van der Waals surface area contributed by atoms with Crippen LogP contribution in [0.5, 0.6) is 0 Å². The summed E-state index contributed by atoms with van der Waals surface area (Å²) in [7, 11) is 0. The summed E-state index contributed by atoms with van der Waals surface area (Å²) >= 11 is 0. The van der Waals surface area contributed by atoms with Crippen molar-refractivity contribution in [2.75, 3.05) is 0 Å². The van der Waals surface area contributed by atoms with Crippen molar-refractivity contribution in [3.63, 3.8) is 0 Å². The molecule has 72 valence electrons. The minimum Gasteiger partial charge on any atom is -0.358 e. The molecule has 0 aromatic heterocycles. The fourth-order valence-electron chi connectivity index (χ4n) is 1.04. The summed E-state index contributed by atoms with van der Waals surface area (Å²) in [5.74, 6) is 6.19. The molecule has 0 amide bonds. The van der Waals surface area contributed by atoms with Crippen molar-refractivity contribution >= 4 is 0 Å². The summed E-state index contributed by atoms with van der Waals surface area (Å²) < 4.78 is 0. The monoisotopic (exact) mass is 410 g/mol. The molecule has 0 aliphatic rings. The molecular formula is C13H16U. The number of hydrogen-bond acceptors (Lipinski definition) is 0. The summed E-state index contributed by atoms with van der Waals surface area (Å²) in [4.78, 5) is 0. The summed E-state index contributed by atoms with van der Waals surface area (Å²) in [6, 6.07) is 8.16. The van der Waals surface area contributed by atoms with E-state index in [1.807, 2.05) is 18.2 Å². The fourth-order valence-corrected chi connectivity index (χ4v) is 1.04. The molecule has 1 aromatic rings. The molecule has 0 radical (unpaired) electrons. The van der Waals surface area contributed by atoms with Crippen LogP contribution in [0.1, 0.15) is 24.5 Å². The van der Waals surface area contributed by atoms with E-state index in [1.54, 1.807) is 0 Å². The zero-order valence-corrected chi connectivity index (χ0v) is 13.1.